The molecular formula is C30H34N6O5. The molecule has 0 fully saturated rings. The quantitative estimate of drug-likeness (QED) is 0.221. The summed E-state index contributed by atoms with van der Waals surface area (Å²) in [4.78, 5) is 36.0. The van der Waals surface area contributed by atoms with Crippen LogP contribution >= 0.6 is 0 Å². The highest BCUT2D eigenvalue weighted by Gasteiger charge is 2.23. The van der Waals surface area contributed by atoms with Crippen molar-refractivity contribution in [2.75, 3.05) is 7.11 Å². The number of hydrogen-bond donors (Lipinski definition) is 0. The number of aromatic nitrogens is 6. The number of aryl methyl sites for hydroxylation is 1. The Bertz CT molecular complexity index is 1780. The van der Waals surface area contributed by atoms with Gasteiger partial charge in [0.1, 0.15) is 17.3 Å². The number of imidazole rings is 1. The molecule has 0 amide bonds. The van der Waals surface area contributed by atoms with Crippen LogP contribution in [0.15, 0.2) is 62.6 Å². The number of nitrogens with zero attached hydrogens (tertiary/aromatic N) is 6. The molecule has 0 saturated carbocycles. The first-order valence-corrected chi connectivity index (χ1v) is 13.8. The van der Waals surface area contributed by atoms with Crippen molar-refractivity contribution >= 4 is 11.2 Å². The van der Waals surface area contributed by atoms with E-state index in [1.54, 1.807) is 11.7 Å². The lowest BCUT2D eigenvalue weighted by atomic mass is 10.2. The molecule has 214 valence electrons. The summed E-state index contributed by atoms with van der Waals surface area (Å²) in [6, 6.07) is 14.8. The number of fused-ring (bicyclic) bond motifs is 1. The van der Waals surface area contributed by atoms with Crippen LogP contribution in [-0.4, -0.2) is 35.9 Å². The summed E-state index contributed by atoms with van der Waals surface area (Å²) in [6.45, 7) is 8.92. The molecule has 0 aliphatic carbocycles. The van der Waals surface area contributed by atoms with E-state index in [0.717, 1.165) is 12.0 Å². The molecule has 3 aromatic heterocycles. The summed E-state index contributed by atoms with van der Waals surface area (Å²) < 4.78 is 21.6. The third-order valence-electron chi connectivity index (χ3n) is 6.75. The van der Waals surface area contributed by atoms with Crippen molar-refractivity contribution in [3.8, 4) is 34.3 Å². The average molecular weight is 559 g/mol. The van der Waals surface area contributed by atoms with E-state index in [2.05, 4.69) is 10.1 Å². The van der Waals surface area contributed by atoms with Gasteiger partial charge in [-0.25, -0.2) is 9.78 Å². The zero-order valence-electron chi connectivity index (χ0n) is 24.0. The van der Waals surface area contributed by atoms with Gasteiger partial charge in [0.25, 0.3) is 11.4 Å². The topological polar surface area (TPSA) is 119 Å². The molecule has 0 unspecified atom stereocenters. The van der Waals surface area contributed by atoms with Gasteiger partial charge in [0.05, 0.1) is 12.7 Å². The summed E-state index contributed by atoms with van der Waals surface area (Å²) in [7, 11) is 1.59. The highest BCUT2D eigenvalue weighted by molar-refractivity contribution is 5.77. The first kappa shape index (κ1) is 27.9. The van der Waals surface area contributed by atoms with Crippen molar-refractivity contribution in [1.82, 2.24) is 28.8 Å². The van der Waals surface area contributed by atoms with Crippen LogP contribution in [-0.2, 0) is 19.7 Å². The van der Waals surface area contributed by atoms with E-state index >= 15 is 0 Å². The first-order valence-electron chi connectivity index (χ1n) is 13.8. The largest absolute Gasteiger partial charge is 0.496 e. The Labute approximate surface area is 237 Å². The third kappa shape index (κ3) is 5.27. The van der Waals surface area contributed by atoms with Crippen LogP contribution in [0.25, 0.3) is 34.0 Å². The summed E-state index contributed by atoms with van der Waals surface area (Å²) in [5.74, 6) is 2.62. The highest BCUT2D eigenvalue weighted by Crippen LogP contribution is 2.30. The van der Waals surface area contributed by atoms with Crippen LogP contribution in [0, 0.1) is 0 Å². The molecule has 0 bridgehead atoms. The normalized spacial score (nSPS) is 11.5. The van der Waals surface area contributed by atoms with Gasteiger partial charge in [-0.2, -0.15) is 4.98 Å². The minimum atomic E-state index is -0.315. The fraction of sp³-hybridized carbons (Fsp3) is 0.367. The van der Waals surface area contributed by atoms with E-state index < -0.39 is 0 Å². The average Bonchev–Trinajstić information content (AvgIpc) is 3.62. The maximum absolute atomic E-state index is 13.5. The molecule has 41 heavy (non-hydrogen) atoms. The van der Waals surface area contributed by atoms with Crippen LogP contribution in [0.3, 0.4) is 0 Å². The van der Waals surface area contributed by atoms with Crippen molar-refractivity contribution in [2.24, 2.45) is 0 Å². The van der Waals surface area contributed by atoms with Crippen molar-refractivity contribution in [1.29, 1.82) is 0 Å². The molecule has 0 N–H and O–H groups in total. The Kier molecular flexibility index (Phi) is 8.04. The summed E-state index contributed by atoms with van der Waals surface area (Å²) in [6.07, 6.45) is 1.43. The maximum atomic E-state index is 13.5. The highest BCUT2D eigenvalue weighted by atomic mass is 16.5. The SMILES string of the molecule is CCCn1c(=O)c2c(nc(-c3ccc(OCc4noc(-c5ccccc5OC)n4)cc3)n2C(C)C)n(CCC)c1=O. The van der Waals surface area contributed by atoms with E-state index in [-0.39, 0.29) is 23.9 Å². The molecule has 0 atom stereocenters. The number of ether oxygens (including phenoxy) is 2. The Morgan fingerprint density at radius 1 is 0.927 bits per heavy atom. The second-order valence-electron chi connectivity index (χ2n) is 9.99. The lowest BCUT2D eigenvalue weighted by molar-refractivity contribution is 0.287. The fourth-order valence-corrected chi connectivity index (χ4v) is 4.90. The molecule has 5 aromatic rings. The molecule has 0 spiro atoms. The summed E-state index contributed by atoms with van der Waals surface area (Å²) in [5.41, 5.74) is 1.75. The molecule has 0 radical (unpaired) electrons. The second kappa shape index (κ2) is 11.8. The number of para-hydroxylation sites is 1. The number of benzene rings is 2. The number of hydrogen-bond acceptors (Lipinski definition) is 8. The van der Waals surface area contributed by atoms with Gasteiger partial charge >= 0.3 is 5.69 Å². The predicted octanol–water partition coefficient (Wildman–Crippen LogP) is 5.07. The molecule has 0 aliphatic heterocycles. The monoisotopic (exact) mass is 558 g/mol. The fourth-order valence-electron chi connectivity index (χ4n) is 4.90. The van der Waals surface area contributed by atoms with Crippen LogP contribution in [0.4, 0.5) is 0 Å². The Morgan fingerprint density at radius 3 is 2.32 bits per heavy atom. The van der Waals surface area contributed by atoms with Crippen LogP contribution in [0.5, 0.6) is 11.5 Å². The molecule has 5 rings (SSSR count). The van der Waals surface area contributed by atoms with Crippen molar-refractivity contribution in [3.63, 3.8) is 0 Å². The standard InChI is InChI=1S/C30H34N6O5/c1-6-16-34-27-25(29(37)35(17-7-2)30(34)38)36(19(3)4)26(32-27)20-12-14-21(15-13-20)40-18-24-31-28(41-33-24)22-10-8-9-11-23(22)39-5/h8-15,19H,6-7,16-18H2,1-5H3. The Morgan fingerprint density at radius 2 is 1.63 bits per heavy atom. The van der Waals surface area contributed by atoms with Gasteiger partial charge in [-0.15, -0.1) is 0 Å². The van der Waals surface area contributed by atoms with Crippen molar-refractivity contribution < 1.29 is 14.0 Å². The smallest absolute Gasteiger partial charge is 0.332 e. The van der Waals surface area contributed by atoms with E-state index in [4.69, 9.17) is 19.0 Å². The molecule has 2 aromatic carbocycles. The third-order valence-corrected chi connectivity index (χ3v) is 6.75. The maximum Gasteiger partial charge on any atom is 0.332 e. The Hall–Kier alpha value is -4.67. The number of methoxy groups -OCH3 is 1. The lowest BCUT2D eigenvalue weighted by Crippen LogP contribution is -2.40. The van der Waals surface area contributed by atoms with Gasteiger partial charge in [-0.05, 0) is 63.1 Å². The zero-order valence-corrected chi connectivity index (χ0v) is 24.0. The second-order valence-corrected chi connectivity index (χ2v) is 9.99. The first-order chi connectivity index (χ1) is 19.9. The van der Waals surface area contributed by atoms with E-state index in [1.165, 1.54) is 4.57 Å². The van der Waals surface area contributed by atoms with Gasteiger partial charge in [-0.3, -0.25) is 13.9 Å². The van der Waals surface area contributed by atoms with Crippen LogP contribution < -0.4 is 20.7 Å². The summed E-state index contributed by atoms with van der Waals surface area (Å²) >= 11 is 0. The molecule has 0 aliphatic rings. The van der Waals surface area contributed by atoms with Gasteiger partial charge < -0.3 is 18.6 Å². The van der Waals surface area contributed by atoms with Gasteiger partial charge in [0.15, 0.2) is 17.8 Å². The van der Waals surface area contributed by atoms with Crippen molar-refractivity contribution in [2.45, 2.75) is 66.3 Å². The minimum Gasteiger partial charge on any atom is -0.496 e. The van der Waals surface area contributed by atoms with E-state index in [0.29, 0.717) is 65.3 Å². The molecule has 11 heteroatoms. The van der Waals surface area contributed by atoms with Crippen molar-refractivity contribution in [3.05, 3.63) is 75.2 Å². The number of rotatable bonds is 11. The van der Waals surface area contributed by atoms with E-state index in [9.17, 15) is 9.59 Å². The minimum absolute atomic E-state index is 0.0584. The van der Waals surface area contributed by atoms with Gasteiger partial charge in [0.2, 0.25) is 5.82 Å². The van der Waals surface area contributed by atoms with Crippen LogP contribution in [0.2, 0.25) is 0 Å². The lowest BCUT2D eigenvalue weighted by Gasteiger charge is -2.14. The summed E-state index contributed by atoms with van der Waals surface area (Å²) in [5, 5.41) is 4.02. The predicted molar refractivity (Wildman–Crippen MR) is 155 cm³/mol. The van der Waals surface area contributed by atoms with E-state index in [1.807, 2.05) is 80.8 Å². The molecule has 0 saturated heterocycles. The molecule has 11 nitrogen and oxygen atoms in total. The molecular weight excluding hydrogens is 524 g/mol. The van der Waals surface area contributed by atoms with Gasteiger partial charge in [-0.1, -0.05) is 31.1 Å². The van der Waals surface area contributed by atoms with Gasteiger partial charge in [0, 0.05) is 24.7 Å². The molecule has 3 heterocycles. The Balaban J connectivity index is 1.44. The van der Waals surface area contributed by atoms with Crippen LogP contribution in [0.1, 0.15) is 52.4 Å². The zero-order chi connectivity index (χ0) is 29.1.